The third kappa shape index (κ3) is 6.95. The first-order valence-corrected chi connectivity index (χ1v) is 14.6. The van der Waals surface area contributed by atoms with Gasteiger partial charge in [0.1, 0.15) is 17.7 Å². The SMILES string of the molecule is CN(C(=O)c1ccc(F)cc1)C(CCCN[C@@H]1C[C@H]1c1ccc(F)cc1)C(=O)N1CCN(S(C)(=O)=O)CC1. The van der Waals surface area contributed by atoms with Gasteiger partial charge in [0.25, 0.3) is 5.91 Å². The summed E-state index contributed by atoms with van der Waals surface area (Å²) in [6, 6.07) is 11.3. The third-order valence-electron chi connectivity index (χ3n) is 7.33. The van der Waals surface area contributed by atoms with Crippen LogP contribution in [0.5, 0.6) is 0 Å². The molecule has 2 aliphatic rings. The Morgan fingerprint density at radius 3 is 2.16 bits per heavy atom. The predicted molar refractivity (Wildman–Crippen MR) is 140 cm³/mol. The number of piperazine rings is 1. The number of carbonyl (C=O) groups is 2. The van der Waals surface area contributed by atoms with Crippen molar-refractivity contribution in [2.45, 2.75) is 37.3 Å². The lowest BCUT2D eigenvalue weighted by Crippen LogP contribution is -2.56. The molecule has 0 radical (unpaired) electrons. The maximum atomic E-state index is 13.5. The number of nitrogens with zero attached hydrogens (tertiary/aromatic N) is 3. The predicted octanol–water partition coefficient (Wildman–Crippen LogP) is 2.44. The minimum Gasteiger partial charge on any atom is -0.338 e. The van der Waals surface area contributed by atoms with Gasteiger partial charge in [-0.05, 0) is 67.8 Å². The lowest BCUT2D eigenvalue weighted by atomic mass is 10.1. The van der Waals surface area contributed by atoms with Gasteiger partial charge in [0.15, 0.2) is 0 Å². The van der Waals surface area contributed by atoms with Gasteiger partial charge in [-0.25, -0.2) is 17.2 Å². The zero-order chi connectivity index (χ0) is 27.4. The summed E-state index contributed by atoms with van der Waals surface area (Å²) >= 11 is 0. The van der Waals surface area contributed by atoms with E-state index in [4.69, 9.17) is 0 Å². The fourth-order valence-corrected chi connectivity index (χ4v) is 5.78. The molecular weight excluding hydrogens is 514 g/mol. The molecule has 38 heavy (non-hydrogen) atoms. The Hall–Kier alpha value is -2.89. The molecule has 11 heteroatoms. The van der Waals surface area contributed by atoms with Gasteiger partial charge in [-0.2, -0.15) is 4.31 Å². The van der Waals surface area contributed by atoms with E-state index in [1.54, 1.807) is 24.1 Å². The van der Waals surface area contributed by atoms with E-state index in [0.29, 0.717) is 25.3 Å². The standard InChI is InChI=1S/C27H34F2N4O4S/c1-31(26(34)20-7-11-22(29)12-8-20)25(27(35)32-14-16-33(17-15-32)38(2,36)37)4-3-13-30-24-18-23(24)19-5-9-21(28)10-6-19/h5-12,23-25,30H,3-4,13-18H2,1-2H3/t23-,24+,25?/m0/s1. The summed E-state index contributed by atoms with van der Waals surface area (Å²) in [7, 11) is -1.77. The van der Waals surface area contributed by atoms with E-state index in [9.17, 15) is 26.8 Å². The van der Waals surface area contributed by atoms with Crippen molar-refractivity contribution in [3.05, 3.63) is 71.3 Å². The van der Waals surface area contributed by atoms with Crippen molar-refractivity contribution in [3.63, 3.8) is 0 Å². The maximum Gasteiger partial charge on any atom is 0.254 e. The molecule has 3 atom stereocenters. The van der Waals surface area contributed by atoms with Crippen molar-refractivity contribution in [2.24, 2.45) is 0 Å². The van der Waals surface area contributed by atoms with Crippen molar-refractivity contribution in [1.82, 2.24) is 19.4 Å². The average Bonchev–Trinajstić information content (AvgIpc) is 3.67. The number of hydrogen-bond donors (Lipinski definition) is 1. The molecule has 1 aliphatic heterocycles. The Morgan fingerprint density at radius 1 is 1.00 bits per heavy atom. The largest absolute Gasteiger partial charge is 0.338 e. The van der Waals surface area contributed by atoms with Crippen LogP contribution in [0.25, 0.3) is 0 Å². The molecule has 1 N–H and O–H groups in total. The first kappa shape index (κ1) is 28.1. The summed E-state index contributed by atoms with van der Waals surface area (Å²) in [6.45, 7) is 1.57. The fraction of sp³-hybridized carbons (Fsp3) is 0.481. The highest BCUT2D eigenvalue weighted by Crippen LogP contribution is 2.40. The van der Waals surface area contributed by atoms with E-state index in [1.165, 1.54) is 45.6 Å². The molecular formula is C27H34F2N4O4S. The molecule has 1 aliphatic carbocycles. The second-order valence-corrected chi connectivity index (χ2v) is 12.0. The number of hydrogen-bond acceptors (Lipinski definition) is 5. The van der Waals surface area contributed by atoms with Crippen LogP contribution >= 0.6 is 0 Å². The molecule has 1 heterocycles. The van der Waals surface area contributed by atoms with E-state index in [1.807, 2.05) is 0 Å². The summed E-state index contributed by atoms with van der Waals surface area (Å²) in [5.74, 6) is -0.990. The number of benzene rings is 2. The summed E-state index contributed by atoms with van der Waals surface area (Å²) in [5, 5.41) is 3.48. The second-order valence-electron chi connectivity index (χ2n) is 10.0. The normalized spacial score (nSPS) is 20.7. The van der Waals surface area contributed by atoms with Crippen LogP contribution < -0.4 is 5.32 Å². The molecule has 0 bridgehead atoms. The van der Waals surface area contributed by atoms with E-state index >= 15 is 0 Å². The number of halogens is 2. The molecule has 2 fully saturated rings. The van der Waals surface area contributed by atoms with Crippen LogP contribution in [0.4, 0.5) is 8.78 Å². The van der Waals surface area contributed by atoms with Crippen molar-refractivity contribution in [1.29, 1.82) is 0 Å². The Bertz CT molecular complexity index is 1230. The number of sulfonamides is 1. The molecule has 206 valence electrons. The molecule has 0 aromatic heterocycles. The van der Waals surface area contributed by atoms with Gasteiger partial charge in [-0.3, -0.25) is 9.59 Å². The van der Waals surface area contributed by atoms with Gasteiger partial charge in [0.05, 0.1) is 6.26 Å². The van der Waals surface area contributed by atoms with Crippen molar-refractivity contribution < 1.29 is 26.8 Å². The molecule has 1 saturated carbocycles. The highest BCUT2D eigenvalue weighted by molar-refractivity contribution is 7.88. The highest BCUT2D eigenvalue weighted by Gasteiger charge is 2.38. The molecule has 8 nitrogen and oxygen atoms in total. The topological polar surface area (TPSA) is 90.0 Å². The first-order chi connectivity index (χ1) is 18.0. The number of likely N-dealkylation sites (N-methyl/N-ethyl adjacent to an activating group) is 1. The van der Waals surface area contributed by atoms with E-state index in [2.05, 4.69) is 5.32 Å². The van der Waals surface area contributed by atoms with Crippen LogP contribution in [-0.4, -0.2) is 92.4 Å². The molecule has 0 spiro atoms. The fourth-order valence-electron chi connectivity index (χ4n) is 4.95. The quantitative estimate of drug-likeness (QED) is 0.461. The summed E-state index contributed by atoms with van der Waals surface area (Å²) < 4.78 is 51.6. The average molecular weight is 549 g/mol. The zero-order valence-electron chi connectivity index (χ0n) is 21.6. The van der Waals surface area contributed by atoms with Gasteiger partial charge >= 0.3 is 0 Å². The summed E-state index contributed by atoms with van der Waals surface area (Å²) in [4.78, 5) is 29.7. The number of rotatable bonds is 10. The van der Waals surface area contributed by atoms with Gasteiger partial charge in [0.2, 0.25) is 15.9 Å². The summed E-state index contributed by atoms with van der Waals surface area (Å²) in [5.41, 5.74) is 1.38. The number of amides is 2. The van der Waals surface area contributed by atoms with Crippen LogP contribution in [0.2, 0.25) is 0 Å². The van der Waals surface area contributed by atoms with Crippen LogP contribution in [0.3, 0.4) is 0 Å². The molecule has 4 rings (SSSR count). The zero-order valence-corrected chi connectivity index (χ0v) is 22.5. The smallest absolute Gasteiger partial charge is 0.254 e. The molecule has 1 saturated heterocycles. The number of carbonyl (C=O) groups excluding carboxylic acids is 2. The number of nitrogens with one attached hydrogen (secondary N) is 1. The Labute approximate surface area is 222 Å². The van der Waals surface area contributed by atoms with Crippen molar-refractivity contribution in [3.8, 4) is 0 Å². The molecule has 1 unspecified atom stereocenters. The Balaban J connectivity index is 1.37. The van der Waals surface area contributed by atoms with Gasteiger partial charge < -0.3 is 15.1 Å². The molecule has 2 amide bonds. The summed E-state index contributed by atoms with van der Waals surface area (Å²) in [6.07, 6.45) is 3.15. The Kier molecular flexibility index (Phi) is 8.79. The second kappa shape index (κ2) is 11.9. The monoisotopic (exact) mass is 548 g/mol. The maximum absolute atomic E-state index is 13.5. The minimum atomic E-state index is -3.34. The lowest BCUT2D eigenvalue weighted by molar-refractivity contribution is -0.137. The third-order valence-corrected chi connectivity index (χ3v) is 8.64. The van der Waals surface area contributed by atoms with Crippen LogP contribution in [0.1, 0.15) is 41.1 Å². The lowest BCUT2D eigenvalue weighted by Gasteiger charge is -2.37. The van der Waals surface area contributed by atoms with E-state index < -0.39 is 21.9 Å². The minimum absolute atomic E-state index is 0.209. The van der Waals surface area contributed by atoms with Gasteiger partial charge in [0, 0.05) is 50.7 Å². The van der Waals surface area contributed by atoms with Crippen LogP contribution in [0, 0.1) is 11.6 Å². The van der Waals surface area contributed by atoms with Gasteiger partial charge in [-0.15, -0.1) is 0 Å². The molecule has 2 aromatic carbocycles. The van der Waals surface area contributed by atoms with E-state index in [-0.39, 0.29) is 55.4 Å². The van der Waals surface area contributed by atoms with Crippen LogP contribution in [-0.2, 0) is 14.8 Å². The van der Waals surface area contributed by atoms with Crippen molar-refractivity contribution >= 4 is 21.8 Å². The highest BCUT2D eigenvalue weighted by atomic mass is 32.2. The van der Waals surface area contributed by atoms with Crippen LogP contribution in [0.15, 0.2) is 48.5 Å². The van der Waals surface area contributed by atoms with E-state index in [0.717, 1.165) is 18.2 Å². The Morgan fingerprint density at radius 2 is 1.58 bits per heavy atom. The molecule has 2 aromatic rings. The van der Waals surface area contributed by atoms with Gasteiger partial charge in [-0.1, -0.05) is 12.1 Å². The first-order valence-electron chi connectivity index (χ1n) is 12.8. The van der Waals surface area contributed by atoms with Crippen molar-refractivity contribution in [2.75, 3.05) is 46.0 Å².